The van der Waals surface area contributed by atoms with Crippen molar-refractivity contribution in [3.63, 3.8) is 0 Å². The molecule has 0 amide bonds. The van der Waals surface area contributed by atoms with E-state index in [1.807, 2.05) is 75.0 Å². The Morgan fingerprint density at radius 3 is 1.34 bits per heavy atom. The summed E-state index contributed by atoms with van der Waals surface area (Å²) in [6.45, 7) is 14.0. The minimum Gasteiger partial charge on any atom is -0.338 e. The summed E-state index contributed by atoms with van der Waals surface area (Å²) in [7, 11) is 0. The maximum atomic E-state index is 13.4. The number of aryl methyl sites for hydroxylation is 4. The summed E-state index contributed by atoms with van der Waals surface area (Å²) < 4.78 is 0. The number of carbonyl (C=O) groups is 2. The van der Waals surface area contributed by atoms with Crippen LogP contribution in [0.2, 0.25) is 0 Å². The largest absolute Gasteiger partial charge is 0.356 e. The summed E-state index contributed by atoms with van der Waals surface area (Å²) in [4.78, 5) is 75.8. The number of carbonyl (C=O) groups excluding carboxylic acids is 2. The number of piperazine rings is 2. The normalized spacial score (nSPS) is 16.7. The third kappa shape index (κ3) is 12.3. The number of hydrogen-bond donors (Lipinski definition) is 0. The van der Waals surface area contributed by atoms with Crippen LogP contribution in [0.1, 0.15) is 60.8 Å². The Balaban J connectivity index is 0.841. The molecule has 2 aromatic heterocycles. The van der Waals surface area contributed by atoms with Gasteiger partial charge in [0.1, 0.15) is 11.7 Å². The highest BCUT2D eigenvalue weighted by molar-refractivity contribution is 5.94. The van der Waals surface area contributed by atoms with Gasteiger partial charge in [-0.2, -0.15) is 10.1 Å². The Kier molecular flexibility index (Phi) is 15.2. The highest BCUT2D eigenvalue weighted by Gasteiger charge is 2.25. The molecular weight excluding hydrogens is 809 g/mol. The third-order valence-corrected chi connectivity index (χ3v) is 12.1. The molecule has 4 aromatic rings. The minimum atomic E-state index is -0.669. The fourth-order valence-electron chi connectivity index (χ4n) is 8.40. The molecule has 0 N–H and O–H groups in total. The van der Waals surface area contributed by atoms with Gasteiger partial charge >= 0.3 is 11.9 Å². The highest BCUT2D eigenvalue weighted by atomic mass is 16.7. The first kappa shape index (κ1) is 44.4. The van der Waals surface area contributed by atoms with Crippen molar-refractivity contribution >= 4 is 46.9 Å². The summed E-state index contributed by atoms with van der Waals surface area (Å²) in [6.07, 6.45) is 16.0. The van der Waals surface area contributed by atoms with Crippen LogP contribution in [0.4, 0.5) is 23.3 Å². The molecule has 0 aliphatic carbocycles. The van der Waals surface area contributed by atoms with E-state index in [0.717, 1.165) is 151 Å². The van der Waals surface area contributed by atoms with E-state index in [0.29, 0.717) is 37.6 Å². The van der Waals surface area contributed by atoms with Crippen LogP contribution in [-0.2, 0) is 32.1 Å². The van der Waals surface area contributed by atoms with Crippen LogP contribution in [0, 0.1) is 13.8 Å². The van der Waals surface area contributed by atoms with Gasteiger partial charge in [0.15, 0.2) is 0 Å². The van der Waals surface area contributed by atoms with E-state index >= 15 is 0 Å². The molecule has 0 bridgehead atoms. The summed E-state index contributed by atoms with van der Waals surface area (Å²) in [5.74, 6) is 1.61. The van der Waals surface area contributed by atoms with Crippen LogP contribution in [0.3, 0.4) is 0 Å². The Morgan fingerprint density at radius 2 is 0.938 bits per heavy atom. The second kappa shape index (κ2) is 21.9. The number of aliphatic imine (C=N–C) groups is 2. The van der Waals surface area contributed by atoms with Crippen molar-refractivity contribution in [3.05, 3.63) is 108 Å². The molecule has 4 aliphatic heterocycles. The van der Waals surface area contributed by atoms with Crippen molar-refractivity contribution in [2.75, 3.05) is 88.3 Å². The van der Waals surface area contributed by atoms with Crippen molar-refractivity contribution in [1.29, 1.82) is 0 Å². The van der Waals surface area contributed by atoms with E-state index in [-0.39, 0.29) is 0 Å². The molecule has 2 fully saturated rings. The number of unbranched alkanes of at least 4 members (excludes halogenated alkanes) is 2. The number of aromatic nitrogens is 4. The van der Waals surface area contributed by atoms with Crippen LogP contribution in [0.5, 0.6) is 0 Å². The lowest BCUT2D eigenvalue weighted by atomic mass is 10.0. The maximum Gasteiger partial charge on any atom is 0.356 e. The zero-order valence-electron chi connectivity index (χ0n) is 37.2. The first-order chi connectivity index (χ1) is 31.3. The van der Waals surface area contributed by atoms with Gasteiger partial charge in [-0.3, -0.25) is 9.80 Å². The number of para-hydroxylation sites is 2. The standard InChI is InChI=1S/C48H60N12O4/c1-37-33-49-47(50-34-37)57-29-25-55(26-30-57)21-7-9-23-59(43-17-15-39-11-3-5-13-41(39)53-43)63-45(61)19-20-46(62)64-60(44-18-16-40-12-4-6-14-42(40)54-44)24-10-8-22-56-27-31-58(32-28-56)48-51-35-38(2)36-52-48/h3-6,11-14,19-20,33-36H,7-10,15-18,21-32H2,1-2H3/b20-19+. The Labute approximate surface area is 376 Å². The molecule has 16 heteroatoms. The van der Waals surface area contributed by atoms with Gasteiger partial charge < -0.3 is 19.5 Å². The molecule has 64 heavy (non-hydrogen) atoms. The number of hydroxylamine groups is 4. The number of rotatable bonds is 14. The summed E-state index contributed by atoms with van der Waals surface area (Å²) in [5.41, 5.74) is 6.19. The zero-order chi connectivity index (χ0) is 44.1. The van der Waals surface area contributed by atoms with Gasteiger partial charge in [-0.1, -0.05) is 36.4 Å². The molecule has 2 saturated heterocycles. The number of hydrogen-bond acceptors (Lipinski definition) is 16. The zero-order valence-corrected chi connectivity index (χ0v) is 37.2. The Morgan fingerprint density at radius 1 is 0.547 bits per heavy atom. The lowest BCUT2D eigenvalue weighted by Crippen LogP contribution is -2.47. The lowest BCUT2D eigenvalue weighted by molar-refractivity contribution is -0.169. The molecule has 2 aromatic carbocycles. The van der Waals surface area contributed by atoms with E-state index in [2.05, 4.69) is 51.7 Å². The molecule has 4 aliphatic rings. The number of fused-ring (bicyclic) bond motifs is 2. The van der Waals surface area contributed by atoms with Crippen molar-refractivity contribution in [2.45, 2.75) is 65.2 Å². The monoisotopic (exact) mass is 868 g/mol. The van der Waals surface area contributed by atoms with E-state index < -0.39 is 11.9 Å². The average Bonchev–Trinajstić information content (AvgIpc) is 3.33. The molecule has 0 unspecified atom stereocenters. The van der Waals surface area contributed by atoms with Gasteiger partial charge in [0.05, 0.1) is 24.5 Å². The molecule has 0 saturated carbocycles. The molecular formula is C48H60N12O4. The number of amidine groups is 2. The van der Waals surface area contributed by atoms with Crippen molar-refractivity contribution < 1.29 is 19.3 Å². The number of anilines is 2. The van der Waals surface area contributed by atoms with Gasteiger partial charge in [0.25, 0.3) is 0 Å². The minimum absolute atomic E-state index is 0.480. The maximum absolute atomic E-state index is 13.4. The predicted octanol–water partition coefficient (Wildman–Crippen LogP) is 5.82. The smallest absolute Gasteiger partial charge is 0.338 e. The van der Waals surface area contributed by atoms with Crippen LogP contribution < -0.4 is 9.80 Å². The molecule has 6 heterocycles. The quantitative estimate of drug-likeness (QED) is 0.0852. The summed E-state index contributed by atoms with van der Waals surface area (Å²) in [6, 6.07) is 16.1. The molecule has 16 nitrogen and oxygen atoms in total. The van der Waals surface area contributed by atoms with Gasteiger partial charge in [0, 0.05) is 102 Å². The van der Waals surface area contributed by atoms with Crippen molar-refractivity contribution in [2.24, 2.45) is 9.98 Å². The van der Waals surface area contributed by atoms with Gasteiger partial charge in [0.2, 0.25) is 11.9 Å². The van der Waals surface area contributed by atoms with Gasteiger partial charge in [-0.15, -0.1) is 0 Å². The van der Waals surface area contributed by atoms with Crippen molar-refractivity contribution in [1.82, 2.24) is 39.9 Å². The molecule has 336 valence electrons. The van der Waals surface area contributed by atoms with E-state index in [1.165, 1.54) is 11.1 Å². The number of benzene rings is 2. The van der Waals surface area contributed by atoms with E-state index in [9.17, 15) is 9.59 Å². The second-order valence-electron chi connectivity index (χ2n) is 16.9. The first-order valence-corrected chi connectivity index (χ1v) is 22.8. The SMILES string of the molecule is Cc1cnc(N2CCN(CCCCN(OC(=O)/C=C/C(=O)ON(CCCCN3CCN(c4ncc(C)cn4)CC3)C3=Nc4ccccc4CC3)C3=Nc4ccccc4CC3)CC2)nc1. The van der Waals surface area contributed by atoms with Crippen LogP contribution in [0.15, 0.2) is 95.5 Å². The molecule has 0 atom stereocenters. The highest BCUT2D eigenvalue weighted by Crippen LogP contribution is 2.28. The van der Waals surface area contributed by atoms with Crippen molar-refractivity contribution in [3.8, 4) is 0 Å². The fraction of sp³-hybridized carbons (Fsp3) is 0.458. The van der Waals surface area contributed by atoms with Gasteiger partial charge in [-0.25, -0.2) is 39.5 Å². The van der Waals surface area contributed by atoms with Crippen LogP contribution >= 0.6 is 0 Å². The summed E-state index contributed by atoms with van der Waals surface area (Å²) in [5, 5.41) is 3.22. The predicted molar refractivity (Wildman–Crippen MR) is 248 cm³/mol. The second-order valence-corrected chi connectivity index (χ2v) is 16.9. The van der Waals surface area contributed by atoms with Gasteiger partial charge in [-0.05, 0) is 99.8 Å². The molecule has 0 radical (unpaired) electrons. The lowest BCUT2D eigenvalue weighted by Gasteiger charge is -2.34. The Bertz CT molecular complexity index is 2110. The fourth-order valence-corrected chi connectivity index (χ4v) is 8.40. The van der Waals surface area contributed by atoms with E-state index in [1.54, 1.807) is 10.1 Å². The summed E-state index contributed by atoms with van der Waals surface area (Å²) >= 11 is 0. The topological polar surface area (TPSA) is 148 Å². The molecule has 0 spiro atoms. The van der Waals surface area contributed by atoms with Crippen LogP contribution in [0.25, 0.3) is 0 Å². The average molecular weight is 869 g/mol. The third-order valence-electron chi connectivity index (χ3n) is 12.1. The first-order valence-electron chi connectivity index (χ1n) is 22.8. The van der Waals surface area contributed by atoms with E-state index in [4.69, 9.17) is 19.7 Å². The number of nitrogens with zero attached hydrogens (tertiary/aromatic N) is 12. The van der Waals surface area contributed by atoms with Crippen LogP contribution in [-0.4, -0.2) is 142 Å². The molecule has 8 rings (SSSR count). The Hall–Kier alpha value is -6.26.